The van der Waals surface area contributed by atoms with E-state index in [9.17, 15) is 4.79 Å². The largest absolute Gasteiger partial charge is 0.381 e. The normalized spacial score (nSPS) is 32.4. The van der Waals surface area contributed by atoms with Gasteiger partial charge in [0.25, 0.3) is 0 Å². The molecule has 17 heavy (non-hydrogen) atoms. The predicted octanol–water partition coefficient (Wildman–Crippen LogP) is 1.32. The van der Waals surface area contributed by atoms with Crippen molar-refractivity contribution in [2.45, 2.75) is 37.8 Å². The SMILES string of the molecule is CC1OCCC1C(=O)NC1(CCl)CCOCC1. The Balaban J connectivity index is 1.95. The van der Waals surface area contributed by atoms with E-state index in [0.29, 0.717) is 25.7 Å². The first-order valence-electron chi connectivity index (χ1n) is 6.24. The van der Waals surface area contributed by atoms with Crippen molar-refractivity contribution in [1.82, 2.24) is 5.32 Å². The van der Waals surface area contributed by atoms with Crippen LogP contribution in [0.2, 0.25) is 0 Å². The molecule has 0 aromatic rings. The van der Waals surface area contributed by atoms with Crippen LogP contribution in [0.15, 0.2) is 0 Å². The van der Waals surface area contributed by atoms with E-state index in [4.69, 9.17) is 21.1 Å². The quantitative estimate of drug-likeness (QED) is 0.780. The van der Waals surface area contributed by atoms with Gasteiger partial charge in [-0.3, -0.25) is 4.79 Å². The van der Waals surface area contributed by atoms with Gasteiger partial charge in [-0.15, -0.1) is 11.6 Å². The van der Waals surface area contributed by atoms with Crippen molar-refractivity contribution in [1.29, 1.82) is 0 Å². The van der Waals surface area contributed by atoms with E-state index in [-0.39, 0.29) is 23.5 Å². The maximum Gasteiger partial charge on any atom is 0.226 e. The van der Waals surface area contributed by atoms with Crippen molar-refractivity contribution >= 4 is 17.5 Å². The molecule has 4 nitrogen and oxygen atoms in total. The molecule has 2 saturated heterocycles. The zero-order chi connectivity index (χ0) is 12.3. The first kappa shape index (κ1) is 13.1. The molecular weight excluding hydrogens is 242 g/mol. The Labute approximate surface area is 107 Å². The zero-order valence-corrected chi connectivity index (χ0v) is 11.0. The molecule has 2 unspecified atom stereocenters. The summed E-state index contributed by atoms with van der Waals surface area (Å²) in [5.74, 6) is 0.500. The number of nitrogens with one attached hydrogen (secondary N) is 1. The Morgan fingerprint density at radius 3 is 2.65 bits per heavy atom. The number of alkyl halides is 1. The molecule has 2 aliphatic heterocycles. The van der Waals surface area contributed by atoms with Crippen LogP contribution in [0, 0.1) is 5.92 Å². The molecule has 0 aliphatic carbocycles. The maximum absolute atomic E-state index is 12.2. The van der Waals surface area contributed by atoms with Gasteiger partial charge in [0, 0.05) is 25.7 Å². The molecule has 0 radical (unpaired) electrons. The molecule has 1 amide bonds. The molecule has 2 atom stereocenters. The lowest BCUT2D eigenvalue weighted by atomic mass is 9.90. The van der Waals surface area contributed by atoms with Gasteiger partial charge in [0.2, 0.25) is 5.91 Å². The van der Waals surface area contributed by atoms with E-state index in [1.54, 1.807) is 0 Å². The van der Waals surface area contributed by atoms with Gasteiger partial charge < -0.3 is 14.8 Å². The van der Waals surface area contributed by atoms with Crippen molar-refractivity contribution in [3.05, 3.63) is 0 Å². The molecule has 0 aromatic carbocycles. The van der Waals surface area contributed by atoms with E-state index in [2.05, 4.69) is 5.32 Å². The van der Waals surface area contributed by atoms with Gasteiger partial charge in [0.15, 0.2) is 0 Å². The van der Waals surface area contributed by atoms with Crippen LogP contribution < -0.4 is 5.32 Å². The fourth-order valence-electron chi connectivity index (χ4n) is 2.48. The molecule has 2 fully saturated rings. The van der Waals surface area contributed by atoms with Crippen LogP contribution in [0.4, 0.5) is 0 Å². The summed E-state index contributed by atoms with van der Waals surface area (Å²) in [5.41, 5.74) is -0.279. The van der Waals surface area contributed by atoms with E-state index in [0.717, 1.165) is 19.3 Å². The highest BCUT2D eigenvalue weighted by Gasteiger charge is 2.38. The second-order valence-corrected chi connectivity index (χ2v) is 5.25. The maximum atomic E-state index is 12.2. The third-order valence-electron chi connectivity index (χ3n) is 3.81. The molecule has 2 aliphatic rings. The number of amides is 1. The topological polar surface area (TPSA) is 47.6 Å². The van der Waals surface area contributed by atoms with Crippen molar-refractivity contribution in [3.8, 4) is 0 Å². The third-order valence-corrected chi connectivity index (χ3v) is 4.32. The zero-order valence-electron chi connectivity index (χ0n) is 10.2. The van der Waals surface area contributed by atoms with E-state index >= 15 is 0 Å². The Bertz CT molecular complexity index is 279. The van der Waals surface area contributed by atoms with Gasteiger partial charge in [0.1, 0.15) is 0 Å². The van der Waals surface area contributed by atoms with Crippen LogP contribution >= 0.6 is 11.6 Å². The lowest BCUT2D eigenvalue weighted by Gasteiger charge is -2.37. The van der Waals surface area contributed by atoms with Crippen LogP contribution in [0.3, 0.4) is 0 Å². The number of rotatable bonds is 3. The summed E-state index contributed by atoms with van der Waals surface area (Å²) in [7, 11) is 0. The Morgan fingerprint density at radius 2 is 2.12 bits per heavy atom. The molecule has 98 valence electrons. The number of halogens is 1. The van der Waals surface area contributed by atoms with Gasteiger partial charge in [-0.2, -0.15) is 0 Å². The lowest BCUT2D eigenvalue weighted by molar-refractivity contribution is -0.129. The van der Waals surface area contributed by atoms with E-state index < -0.39 is 0 Å². The summed E-state index contributed by atoms with van der Waals surface area (Å²) in [6, 6.07) is 0. The monoisotopic (exact) mass is 261 g/mol. The second kappa shape index (κ2) is 5.55. The second-order valence-electron chi connectivity index (χ2n) is 4.99. The molecule has 2 heterocycles. The summed E-state index contributed by atoms with van der Waals surface area (Å²) in [6.07, 6.45) is 2.42. The minimum Gasteiger partial charge on any atom is -0.381 e. The number of hydrogen-bond donors (Lipinski definition) is 1. The number of ether oxygens (including phenoxy) is 2. The highest BCUT2D eigenvalue weighted by molar-refractivity contribution is 6.18. The van der Waals surface area contributed by atoms with Gasteiger partial charge in [-0.1, -0.05) is 0 Å². The van der Waals surface area contributed by atoms with Gasteiger partial charge in [-0.05, 0) is 26.2 Å². The summed E-state index contributed by atoms with van der Waals surface area (Å²) < 4.78 is 10.7. The standard InChI is InChI=1S/C12H20ClNO3/c1-9-10(2-5-17-9)11(15)14-12(8-13)3-6-16-7-4-12/h9-10H,2-8H2,1H3,(H,14,15). The van der Waals surface area contributed by atoms with Crippen molar-refractivity contribution in [3.63, 3.8) is 0 Å². The number of carbonyl (C=O) groups is 1. The summed E-state index contributed by atoms with van der Waals surface area (Å²) in [4.78, 5) is 12.2. The fraction of sp³-hybridized carbons (Fsp3) is 0.917. The van der Waals surface area contributed by atoms with Crippen molar-refractivity contribution in [2.75, 3.05) is 25.7 Å². The predicted molar refractivity (Wildman–Crippen MR) is 65.2 cm³/mol. The smallest absolute Gasteiger partial charge is 0.226 e. The Morgan fingerprint density at radius 1 is 1.41 bits per heavy atom. The Kier molecular flexibility index (Phi) is 4.28. The highest BCUT2D eigenvalue weighted by atomic mass is 35.5. The third kappa shape index (κ3) is 2.92. The lowest BCUT2D eigenvalue weighted by Crippen LogP contribution is -2.55. The minimum absolute atomic E-state index is 0.0159. The highest BCUT2D eigenvalue weighted by Crippen LogP contribution is 2.26. The molecule has 0 bridgehead atoms. The fourth-order valence-corrected chi connectivity index (χ4v) is 2.82. The van der Waals surface area contributed by atoms with E-state index in [1.807, 2.05) is 6.92 Å². The van der Waals surface area contributed by atoms with Gasteiger partial charge in [0.05, 0.1) is 17.6 Å². The van der Waals surface area contributed by atoms with Crippen molar-refractivity contribution in [2.24, 2.45) is 5.92 Å². The van der Waals surface area contributed by atoms with E-state index in [1.165, 1.54) is 0 Å². The van der Waals surface area contributed by atoms with Gasteiger partial charge in [-0.25, -0.2) is 0 Å². The van der Waals surface area contributed by atoms with Crippen LogP contribution in [-0.2, 0) is 14.3 Å². The molecule has 0 saturated carbocycles. The van der Waals surface area contributed by atoms with Crippen LogP contribution in [0.25, 0.3) is 0 Å². The average Bonchev–Trinajstić information content (AvgIpc) is 2.77. The summed E-state index contributed by atoms with van der Waals surface area (Å²) in [6.45, 7) is 3.97. The molecule has 1 N–H and O–H groups in total. The van der Waals surface area contributed by atoms with Crippen LogP contribution in [-0.4, -0.2) is 43.3 Å². The van der Waals surface area contributed by atoms with Crippen LogP contribution in [0.1, 0.15) is 26.2 Å². The molecular formula is C12H20ClNO3. The Hall–Kier alpha value is -0.320. The van der Waals surface area contributed by atoms with Gasteiger partial charge >= 0.3 is 0 Å². The molecule has 0 aromatic heterocycles. The number of hydrogen-bond acceptors (Lipinski definition) is 3. The average molecular weight is 262 g/mol. The summed E-state index contributed by atoms with van der Waals surface area (Å²) >= 11 is 6.02. The minimum atomic E-state index is -0.279. The summed E-state index contributed by atoms with van der Waals surface area (Å²) in [5, 5.41) is 3.12. The molecule has 0 spiro atoms. The first-order valence-corrected chi connectivity index (χ1v) is 6.78. The first-order chi connectivity index (χ1) is 8.17. The van der Waals surface area contributed by atoms with Crippen molar-refractivity contribution < 1.29 is 14.3 Å². The van der Waals surface area contributed by atoms with Crippen LogP contribution in [0.5, 0.6) is 0 Å². The molecule has 5 heteroatoms. The number of carbonyl (C=O) groups excluding carboxylic acids is 1. The molecule has 2 rings (SSSR count).